The number of carboxylic acid groups (broad SMARTS) is 1. The van der Waals surface area contributed by atoms with Crippen LogP contribution in [0.3, 0.4) is 0 Å². The number of carbonyl (C=O) groups is 1. The summed E-state index contributed by atoms with van der Waals surface area (Å²) in [5.74, 6) is 0.266. The van der Waals surface area contributed by atoms with Crippen LogP contribution in [0.4, 0.5) is 0 Å². The maximum Gasteiger partial charge on any atom is 0.336 e. The van der Waals surface area contributed by atoms with Crippen molar-refractivity contribution < 1.29 is 24.2 Å². The standard InChI is InChI=1S/C26H25NO5/c1-14-8-9-21(31-13-16-11-26(3,30)12-16)22-18(25(28)29)10-19(27-23(14)22)24-15(2)17-6-4-5-7-20(17)32-24/h4-10,16,30H,11-13H2,1-3H3,(H,28,29)/t16-,26+. The van der Waals surface area contributed by atoms with Gasteiger partial charge in [0, 0.05) is 10.9 Å². The number of rotatable bonds is 5. The Bertz CT molecular complexity index is 1360. The van der Waals surface area contributed by atoms with Gasteiger partial charge < -0.3 is 19.4 Å². The molecule has 1 aliphatic rings. The minimum Gasteiger partial charge on any atom is -0.493 e. The molecule has 0 atom stereocenters. The first-order valence-electron chi connectivity index (χ1n) is 10.7. The number of carboxylic acids is 1. The van der Waals surface area contributed by atoms with E-state index in [0.717, 1.165) is 22.1 Å². The first kappa shape index (κ1) is 20.5. The molecule has 5 rings (SSSR count). The molecule has 0 spiro atoms. The van der Waals surface area contributed by atoms with Crippen LogP contribution in [0.5, 0.6) is 5.75 Å². The largest absolute Gasteiger partial charge is 0.493 e. The quantitative estimate of drug-likeness (QED) is 0.433. The van der Waals surface area contributed by atoms with Gasteiger partial charge in [-0.2, -0.15) is 0 Å². The summed E-state index contributed by atoms with van der Waals surface area (Å²) in [7, 11) is 0. The number of para-hydroxylation sites is 1. The molecule has 1 saturated carbocycles. The highest BCUT2D eigenvalue weighted by Crippen LogP contribution is 2.40. The summed E-state index contributed by atoms with van der Waals surface area (Å²) in [6, 6.07) is 13.0. The summed E-state index contributed by atoms with van der Waals surface area (Å²) >= 11 is 0. The predicted molar refractivity (Wildman–Crippen MR) is 122 cm³/mol. The third-order valence-corrected chi connectivity index (χ3v) is 6.36. The Labute approximate surface area is 185 Å². The number of aliphatic hydroxyl groups is 1. The van der Waals surface area contributed by atoms with Crippen molar-refractivity contribution in [2.45, 2.75) is 39.2 Å². The molecule has 0 bridgehead atoms. The van der Waals surface area contributed by atoms with Crippen molar-refractivity contribution in [2.24, 2.45) is 5.92 Å². The van der Waals surface area contributed by atoms with Crippen LogP contribution in [0.1, 0.15) is 41.3 Å². The fraction of sp³-hybridized carbons (Fsp3) is 0.308. The number of benzene rings is 2. The van der Waals surface area contributed by atoms with Crippen LogP contribution in [0.25, 0.3) is 33.3 Å². The summed E-state index contributed by atoms with van der Waals surface area (Å²) in [6.45, 7) is 6.10. The van der Waals surface area contributed by atoms with Gasteiger partial charge in [0.05, 0.1) is 28.7 Å². The Kier molecular flexibility index (Phi) is 4.71. The van der Waals surface area contributed by atoms with Gasteiger partial charge in [0.2, 0.25) is 0 Å². The van der Waals surface area contributed by atoms with Crippen molar-refractivity contribution in [2.75, 3.05) is 6.61 Å². The van der Waals surface area contributed by atoms with E-state index in [2.05, 4.69) is 0 Å². The Morgan fingerprint density at radius 1 is 1.22 bits per heavy atom. The summed E-state index contributed by atoms with van der Waals surface area (Å²) in [4.78, 5) is 17.1. The molecule has 6 heteroatoms. The second-order valence-corrected chi connectivity index (χ2v) is 9.10. The van der Waals surface area contributed by atoms with Crippen LogP contribution in [0.2, 0.25) is 0 Å². The lowest BCUT2D eigenvalue weighted by Gasteiger charge is -2.40. The highest BCUT2D eigenvalue weighted by atomic mass is 16.5. The first-order chi connectivity index (χ1) is 15.2. The second kappa shape index (κ2) is 7.35. The molecule has 0 saturated heterocycles. The van der Waals surface area contributed by atoms with E-state index in [-0.39, 0.29) is 11.5 Å². The molecule has 2 heterocycles. The molecule has 6 nitrogen and oxygen atoms in total. The summed E-state index contributed by atoms with van der Waals surface area (Å²) in [5, 5.41) is 21.5. The Hall–Kier alpha value is -3.38. The maximum atomic E-state index is 12.3. The SMILES string of the molecule is Cc1c(-c2cc(C(=O)O)c3c(OC[C@H]4C[C@@](C)(O)C4)ccc(C)c3n2)oc2ccccc12. The summed E-state index contributed by atoms with van der Waals surface area (Å²) in [5.41, 5.74) is 3.09. The van der Waals surface area contributed by atoms with Gasteiger partial charge in [0.1, 0.15) is 17.0 Å². The van der Waals surface area contributed by atoms with Gasteiger partial charge in [-0.25, -0.2) is 9.78 Å². The van der Waals surface area contributed by atoms with Gasteiger partial charge in [-0.1, -0.05) is 24.3 Å². The molecule has 4 aromatic rings. The number of fused-ring (bicyclic) bond motifs is 2. The van der Waals surface area contributed by atoms with Crippen LogP contribution < -0.4 is 4.74 Å². The zero-order valence-electron chi connectivity index (χ0n) is 18.3. The van der Waals surface area contributed by atoms with E-state index in [1.54, 1.807) is 12.1 Å². The smallest absolute Gasteiger partial charge is 0.336 e. The Morgan fingerprint density at radius 2 is 1.97 bits per heavy atom. The average Bonchev–Trinajstić information content (AvgIpc) is 3.08. The van der Waals surface area contributed by atoms with Gasteiger partial charge in [0.15, 0.2) is 5.76 Å². The van der Waals surface area contributed by atoms with E-state index in [9.17, 15) is 15.0 Å². The fourth-order valence-electron chi connectivity index (χ4n) is 4.78. The Morgan fingerprint density at radius 3 is 2.66 bits per heavy atom. The molecule has 1 fully saturated rings. The van der Waals surface area contributed by atoms with Crippen molar-refractivity contribution in [1.82, 2.24) is 4.98 Å². The third-order valence-electron chi connectivity index (χ3n) is 6.36. The molecule has 0 aliphatic heterocycles. The molecule has 1 aliphatic carbocycles. The van der Waals surface area contributed by atoms with Crippen molar-refractivity contribution in [3.05, 3.63) is 59.2 Å². The zero-order chi connectivity index (χ0) is 22.6. The molecule has 2 aromatic carbocycles. The third kappa shape index (κ3) is 3.41. The van der Waals surface area contributed by atoms with E-state index in [0.29, 0.717) is 47.6 Å². The van der Waals surface area contributed by atoms with Crippen LogP contribution in [0, 0.1) is 19.8 Å². The minimum atomic E-state index is -1.05. The topological polar surface area (TPSA) is 92.8 Å². The molecule has 2 aromatic heterocycles. The molecule has 164 valence electrons. The van der Waals surface area contributed by atoms with E-state index in [4.69, 9.17) is 14.1 Å². The number of aromatic nitrogens is 1. The Balaban J connectivity index is 1.62. The average molecular weight is 431 g/mol. The molecule has 0 radical (unpaired) electrons. The summed E-state index contributed by atoms with van der Waals surface area (Å²) < 4.78 is 12.1. The second-order valence-electron chi connectivity index (χ2n) is 9.10. The maximum absolute atomic E-state index is 12.3. The van der Waals surface area contributed by atoms with Crippen molar-refractivity contribution in [3.63, 3.8) is 0 Å². The highest BCUT2D eigenvalue weighted by Gasteiger charge is 2.38. The predicted octanol–water partition coefficient (Wildman–Crippen LogP) is 5.50. The number of hydrogen-bond donors (Lipinski definition) is 2. The monoisotopic (exact) mass is 431 g/mol. The number of hydrogen-bond acceptors (Lipinski definition) is 5. The van der Waals surface area contributed by atoms with Gasteiger partial charge in [0.25, 0.3) is 0 Å². The van der Waals surface area contributed by atoms with E-state index >= 15 is 0 Å². The number of pyridine rings is 1. The number of ether oxygens (including phenoxy) is 1. The van der Waals surface area contributed by atoms with E-state index in [1.807, 2.05) is 51.1 Å². The molecule has 2 N–H and O–H groups in total. The highest BCUT2D eigenvalue weighted by molar-refractivity contribution is 6.07. The molecule has 32 heavy (non-hydrogen) atoms. The fourth-order valence-corrected chi connectivity index (χ4v) is 4.78. The van der Waals surface area contributed by atoms with Gasteiger partial charge in [-0.15, -0.1) is 0 Å². The summed E-state index contributed by atoms with van der Waals surface area (Å²) in [6.07, 6.45) is 1.35. The molecular weight excluding hydrogens is 406 g/mol. The molecule has 0 unspecified atom stereocenters. The van der Waals surface area contributed by atoms with Crippen LogP contribution in [-0.4, -0.2) is 33.4 Å². The van der Waals surface area contributed by atoms with Crippen molar-refractivity contribution in [1.29, 1.82) is 0 Å². The number of aromatic carboxylic acids is 1. The molecular formula is C26H25NO5. The van der Waals surface area contributed by atoms with Crippen LogP contribution in [-0.2, 0) is 0 Å². The lowest BCUT2D eigenvalue weighted by atomic mass is 9.73. The van der Waals surface area contributed by atoms with Gasteiger partial charge in [-0.05, 0) is 63.3 Å². The van der Waals surface area contributed by atoms with E-state index < -0.39 is 11.6 Å². The normalized spacial score (nSPS) is 20.4. The minimum absolute atomic E-state index is 0.129. The van der Waals surface area contributed by atoms with Gasteiger partial charge in [-0.3, -0.25) is 0 Å². The van der Waals surface area contributed by atoms with Gasteiger partial charge >= 0.3 is 5.97 Å². The first-order valence-corrected chi connectivity index (χ1v) is 10.7. The zero-order valence-corrected chi connectivity index (χ0v) is 18.3. The van der Waals surface area contributed by atoms with Crippen LogP contribution >= 0.6 is 0 Å². The van der Waals surface area contributed by atoms with Crippen molar-refractivity contribution in [3.8, 4) is 17.2 Å². The lowest BCUT2D eigenvalue weighted by molar-refractivity contribution is -0.0689. The van der Waals surface area contributed by atoms with Crippen LogP contribution in [0.15, 0.2) is 46.9 Å². The van der Waals surface area contributed by atoms with E-state index in [1.165, 1.54) is 0 Å². The molecule has 0 amide bonds. The number of furan rings is 1. The lowest BCUT2D eigenvalue weighted by Crippen LogP contribution is -2.43. The van der Waals surface area contributed by atoms with Crippen molar-refractivity contribution >= 4 is 27.8 Å². The number of nitrogens with zero attached hydrogens (tertiary/aromatic N) is 1. The number of aryl methyl sites for hydroxylation is 2.